The van der Waals surface area contributed by atoms with Crippen LogP contribution in [0.25, 0.3) is 0 Å². The van der Waals surface area contributed by atoms with Crippen LogP contribution in [0.3, 0.4) is 0 Å². The Kier molecular flexibility index (Phi) is 5.74. The molecule has 5 nitrogen and oxygen atoms in total. The minimum Gasteiger partial charge on any atom is -0.493 e. The lowest BCUT2D eigenvalue weighted by atomic mass is 9.77. The molecule has 2 aliphatic rings. The van der Waals surface area contributed by atoms with Gasteiger partial charge in [-0.1, -0.05) is 25.0 Å². The van der Waals surface area contributed by atoms with Gasteiger partial charge < -0.3 is 14.4 Å². The smallest absolute Gasteiger partial charge is 0.233 e. The number of carbonyl (C=O) groups is 1. The van der Waals surface area contributed by atoms with E-state index in [1.165, 1.54) is 5.56 Å². The van der Waals surface area contributed by atoms with Gasteiger partial charge in [0.05, 0.1) is 19.6 Å². The summed E-state index contributed by atoms with van der Waals surface area (Å²) in [5.74, 6) is 2.19. The number of carbonyl (C=O) groups excluding carboxylic acids is 1. The van der Waals surface area contributed by atoms with E-state index in [0.29, 0.717) is 17.4 Å². The fourth-order valence-electron chi connectivity index (χ4n) is 5.08. The van der Waals surface area contributed by atoms with Crippen molar-refractivity contribution in [3.63, 3.8) is 0 Å². The molecule has 1 amide bonds. The van der Waals surface area contributed by atoms with E-state index in [2.05, 4.69) is 16.0 Å². The monoisotopic (exact) mass is 394 g/mol. The minimum atomic E-state index is -0.428. The van der Waals surface area contributed by atoms with Gasteiger partial charge in [-0.2, -0.15) is 0 Å². The van der Waals surface area contributed by atoms with Crippen molar-refractivity contribution < 1.29 is 14.3 Å². The van der Waals surface area contributed by atoms with Crippen molar-refractivity contribution in [2.75, 3.05) is 27.3 Å². The van der Waals surface area contributed by atoms with Crippen LogP contribution in [0.1, 0.15) is 43.2 Å². The summed E-state index contributed by atoms with van der Waals surface area (Å²) in [6.07, 6.45) is 9.79. The van der Waals surface area contributed by atoms with E-state index in [4.69, 9.17) is 9.47 Å². The third-order valence-electron chi connectivity index (χ3n) is 6.62. The summed E-state index contributed by atoms with van der Waals surface area (Å²) >= 11 is 0. The standard InChI is InChI=1S/C24H30N2O3/c1-28-21-8-7-20(15-22(21)29-2)24(10-3-4-11-24)23(27)26-13-9-19(17-26)14-18-6-5-12-25-16-18/h5-8,12,15-16,19H,3-4,9-11,13-14,17H2,1-2H3. The van der Waals surface area contributed by atoms with E-state index in [1.807, 2.05) is 30.5 Å². The molecule has 29 heavy (non-hydrogen) atoms. The molecule has 1 saturated heterocycles. The molecule has 1 aliphatic heterocycles. The van der Waals surface area contributed by atoms with Crippen LogP contribution >= 0.6 is 0 Å². The Hall–Kier alpha value is -2.56. The first-order chi connectivity index (χ1) is 14.2. The number of methoxy groups -OCH3 is 2. The van der Waals surface area contributed by atoms with Crippen LogP contribution in [0.5, 0.6) is 11.5 Å². The number of amides is 1. The van der Waals surface area contributed by atoms with E-state index >= 15 is 0 Å². The number of pyridine rings is 1. The largest absolute Gasteiger partial charge is 0.493 e. The highest BCUT2D eigenvalue weighted by molar-refractivity contribution is 5.89. The average molecular weight is 395 g/mol. The maximum absolute atomic E-state index is 13.8. The zero-order valence-electron chi connectivity index (χ0n) is 17.4. The highest BCUT2D eigenvalue weighted by atomic mass is 16.5. The highest BCUT2D eigenvalue weighted by Crippen LogP contribution is 2.45. The van der Waals surface area contributed by atoms with Crippen LogP contribution in [-0.2, 0) is 16.6 Å². The number of benzene rings is 1. The lowest BCUT2D eigenvalue weighted by molar-refractivity contribution is -0.136. The number of nitrogens with zero attached hydrogens (tertiary/aromatic N) is 2. The molecule has 0 spiro atoms. The average Bonchev–Trinajstić information content (AvgIpc) is 3.44. The van der Waals surface area contributed by atoms with Gasteiger partial charge in [0.2, 0.25) is 5.91 Å². The normalized spacial score (nSPS) is 20.6. The molecule has 2 aromatic rings. The minimum absolute atomic E-state index is 0.288. The van der Waals surface area contributed by atoms with E-state index in [1.54, 1.807) is 20.4 Å². The third-order valence-corrected chi connectivity index (χ3v) is 6.62. The van der Waals surface area contributed by atoms with E-state index in [0.717, 1.165) is 57.2 Å². The Bertz CT molecular complexity index is 846. The Morgan fingerprint density at radius 1 is 1.17 bits per heavy atom. The molecular formula is C24H30N2O3. The molecule has 2 fully saturated rings. The molecular weight excluding hydrogens is 364 g/mol. The molecule has 1 saturated carbocycles. The van der Waals surface area contributed by atoms with Gasteiger partial charge in [0.25, 0.3) is 0 Å². The maximum atomic E-state index is 13.8. The van der Waals surface area contributed by atoms with Crippen LogP contribution in [0.4, 0.5) is 0 Å². The third kappa shape index (κ3) is 3.83. The summed E-state index contributed by atoms with van der Waals surface area (Å²) in [5, 5.41) is 0. The topological polar surface area (TPSA) is 51.7 Å². The number of aromatic nitrogens is 1. The number of ether oxygens (including phenoxy) is 2. The number of likely N-dealkylation sites (tertiary alicyclic amines) is 1. The van der Waals surface area contributed by atoms with Crippen LogP contribution in [0.15, 0.2) is 42.7 Å². The van der Waals surface area contributed by atoms with Crippen molar-refractivity contribution in [3.8, 4) is 11.5 Å². The molecule has 1 aliphatic carbocycles. The van der Waals surface area contributed by atoms with Crippen LogP contribution in [-0.4, -0.2) is 43.1 Å². The molecule has 1 unspecified atom stereocenters. The van der Waals surface area contributed by atoms with Gasteiger partial charge in [-0.25, -0.2) is 0 Å². The van der Waals surface area contributed by atoms with Crippen LogP contribution in [0.2, 0.25) is 0 Å². The molecule has 4 rings (SSSR count). The quantitative estimate of drug-likeness (QED) is 0.743. The SMILES string of the molecule is COc1ccc(C2(C(=O)N3CCC(Cc4cccnc4)C3)CCCC2)cc1OC. The first-order valence-electron chi connectivity index (χ1n) is 10.6. The summed E-state index contributed by atoms with van der Waals surface area (Å²) in [4.78, 5) is 20.1. The number of hydrogen-bond donors (Lipinski definition) is 0. The molecule has 1 aromatic heterocycles. The summed E-state index contributed by atoms with van der Waals surface area (Å²) in [6, 6.07) is 10.1. The second-order valence-corrected chi connectivity index (χ2v) is 8.33. The molecule has 5 heteroatoms. The zero-order chi connectivity index (χ0) is 20.3. The second-order valence-electron chi connectivity index (χ2n) is 8.33. The van der Waals surface area contributed by atoms with Gasteiger partial charge in [-0.15, -0.1) is 0 Å². The zero-order valence-corrected chi connectivity index (χ0v) is 17.4. The second kappa shape index (κ2) is 8.44. The lowest BCUT2D eigenvalue weighted by Crippen LogP contribution is -2.44. The Labute approximate surface area is 173 Å². The van der Waals surface area contributed by atoms with Gasteiger partial charge in [-0.3, -0.25) is 9.78 Å². The highest BCUT2D eigenvalue weighted by Gasteiger charge is 2.46. The Morgan fingerprint density at radius 3 is 2.66 bits per heavy atom. The van der Waals surface area contributed by atoms with Crippen molar-refractivity contribution in [1.82, 2.24) is 9.88 Å². The van der Waals surface area contributed by atoms with Crippen molar-refractivity contribution in [2.24, 2.45) is 5.92 Å². The fraction of sp³-hybridized carbons (Fsp3) is 0.500. The first-order valence-corrected chi connectivity index (χ1v) is 10.6. The van der Waals surface area contributed by atoms with Crippen LogP contribution in [0, 0.1) is 5.92 Å². The van der Waals surface area contributed by atoms with Crippen molar-refractivity contribution in [1.29, 1.82) is 0 Å². The molecule has 2 heterocycles. The van der Waals surface area contributed by atoms with Gasteiger partial charge in [0, 0.05) is 25.5 Å². The Balaban J connectivity index is 1.54. The van der Waals surface area contributed by atoms with Gasteiger partial charge in [0.15, 0.2) is 11.5 Å². The molecule has 0 N–H and O–H groups in total. The van der Waals surface area contributed by atoms with E-state index in [9.17, 15) is 4.79 Å². The Morgan fingerprint density at radius 2 is 1.97 bits per heavy atom. The maximum Gasteiger partial charge on any atom is 0.233 e. The van der Waals surface area contributed by atoms with Crippen molar-refractivity contribution in [3.05, 3.63) is 53.9 Å². The number of hydrogen-bond acceptors (Lipinski definition) is 4. The summed E-state index contributed by atoms with van der Waals surface area (Å²) in [5.41, 5.74) is 1.89. The van der Waals surface area contributed by atoms with Gasteiger partial charge in [0.1, 0.15) is 0 Å². The van der Waals surface area contributed by atoms with Crippen molar-refractivity contribution in [2.45, 2.75) is 43.9 Å². The summed E-state index contributed by atoms with van der Waals surface area (Å²) < 4.78 is 10.9. The molecule has 154 valence electrons. The number of rotatable bonds is 6. The predicted octanol–water partition coefficient (Wildman–Crippen LogP) is 4.00. The summed E-state index contributed by atoms with van der Waals surface area (Å²) in [6.45, 7) is 1.68. The molecule has 1 aromatic carbocycles. The van der Waals surface area contributed by atoms with E-state index in [-0.39, 0.29) is 5.91 Å². The van der Waals surface area contributed by atoms with Gasteiger partial charge >= 0.3 is 0 Å². The van der Waals surface area contributed by atoms with Crippen molar-refractivity contribution >= 4 is 5.91 Å². The molecule has 0 bridgehead atoms. The molecule has 1 atom stereocenters. The van der Waals surface area contributed by atoms with E-state index < -0.39 is 5.41 Å². The predicted molar refractivity (Wildman–Crippen MR) is 112 cm³/mol. The molecule has 0 radical (unpaired) electrons. The fourth-order valence-corrected chi connectivity index (χ4v) is 5.08. The van der Waals surface area contributed by atoms with Gasteiger partial charge in [-0.05, 0) is 60.9 Å². The lowest BCUT2D eigenvalue weighted by Gasteiger charge is -2.33. The summed E-state index contributed by atoms with van der Waals surface area (Å²) in [7, 11) is 3.29. The first kappa shape index (κ1) is 19.7. The van der Waals surface area contributed by atoms with Crippen LogP contribution < -0.4 is 9.47 Å².